The van der Waals surface area contributed by atoms with Crippen molar-refractivity contribution in [3.8, 4) is 0 Å². The van der Waals surface area contributed by atoms with Crippen LogP contribution in [0.2, 0.25) is 0 Å². The Balaban J connectivity index is 2.80. The molecule has 0 radical (unpaired) electrons. The van der Waals surface area contributed by atoms with Crippen LogP contribution in [0.1, 0.15) is 20.8 Å². The first-order valence-electron chi connectivity index (χ1n) is 4.59. The van der Waals surface area contributed by atoms with Crippen LogP contribution < -0.4 is 5.32 Å². The minimum Gasteiger partial charge on any atom is -0.385 e. The summed E-state index contributed by atoms with van der Waals surface area (Å²) in [5.41, 5.74) is -1.45. The lowest BCUT2D eigenvalue weighted by Gasteiger charge is -2.42. The van der Waals surface area contributed by atoms with Gasteiger partial charge in [0.05, 0.1) is 11.6 Å². The molecule has 1 aliphatic rings. The van der Waals surface area contributed by atoms with E-state index in [1.807, 2.05) is 26.0 Å². The predicted octanol–water partition coefficient (Wildman–Crippen LogP) is 0.690. The zero-order chi connectivity index (χ0) is 10.1. The number of hydrogen-bond acceptors (Lipinski definition) is 3. The summed E-state index contributed by atoms with van der Waals surface area (Å²) >= 11 is 0. The van der Waals surface area contributed by atoms with Gasteiger partial charge < -0.3 is 15.2 Å². The molecule has 1 rings (SSSR count). The van der Waals surface area contributed by atoms with E-state index in [1.165, 1.54) is 0 Å². The Morgan fingerprint density at radius 3 is 2.46 bits per heavy atom. The van der Waals surface area contributed by atoms with Crippen LogP contribution in [0.3, 0.4) is 0 Å². The topological polar surface area (TPSA) is 41.5 Å². The summed E-state index contributed by atoms with van der Waals surface area (Å²) in [6.07, 6.45) is 4.01. The largest absolute Gasteiger partial charge is 0.385 e. The molecule has 13 heavy (non-hydrogen) atoms. The number of hydrogen-bond donors (Lipinski definition) is 2. The number of methoxy groups -OCH3 is 1. The highest BCUT2D eigenvalue weighted by atomic mass is 16.5. The molecule has 1 heterocycles. The van der Waals surface area contributed by atoms with E-state index in [9.17, 15) is 5.11 Å². The predicted molar refractivity (Wildman–Crippen MR) is 52.6 cm³/mol. The van der Waals surface area contributed by atoms with Crippen molar-refractivity contribution < 1.29 is 9.84 Å². The average Bonchev–Trinajstić information content (AvgIpc) is 2.56. The van der Waals surface area contributed by atoms with E-state index >= 15 is 0 Å². The monoisotopic (exact) mass is 185 g/mol. The first-order valence-corrected chi connectivity index (χ1v) is 4.59. The Morgan fingerprint density at radius 2 is 2.08 bits per heavy atom. The van der Waals surface area contributed by atoms with Crippen LogP contribution >= 0.6 is 0 Å². The molecule has 0 fully saturated rings. The molecule has 76 valence electrons. The fourth-order valence-corrected chi connectivity index (χ4v) is 1.43. The maximum absolute atomic E-state index is 10.3. The highest BCUT2D eigenvalue weighted by Gasteiger charge is 2.45. The van der Waals surface area contributed by atoms with Crippen molar-refractivity contribution in [3.05, 3.63) is 12.2 Å². The van der Waals surface area contributed by atoms with Crippen LogP contribution in [0.5, 0.6) is 0 Å². The summed E-state index contributed by atoms with van der Waals surface area (Å²) in [4.78, 5) is 0. The number of rotatable bonds is 3. The van der Waals surface area contributed by atoms with Crippen molar-refractivity contribution in [3.63, 3.8) is 0 Å². The molecule has 0 aliphatic carbocycles. The van der Waals surface area contributed by atoms with Gasteiger partial charge in [-0.1, -0.05) is 12.2 Å². The number of aliphatic hydroxyl groups is 1. The van der Waals surface area contributed by atoms with Crippen LogP contribution in [-0.2, 0) is 4.74 Å². The highest BCUT2D eigenvalue weighted by molar-refractivity contribution is 5.14. The Hall–Kier alpha value is -0.380. The molecular weight excluding hydrogens is 166 g/mol. The van der Waals surface area contributed by atoms with E-state index in [4.69, 9.17) is 4.74 Å². The van der Waals surface area contributed by atoms with E-state index in [0.717, 1.165) is 6.54 Å². The zero-order valence-corrected chi connectivity index (χ0v) is 8.79. The summed E-state index contributed by atoms with van der Waals surface area (Å²) in [5, 5.41) is 13.5. The molecular formula is C10H19NO2. The van der Waals surface area contributed by atoms with Gasteiger partial charge in [-0.3, -0.25) is 0 Å². The maximum Gasteiger partial charge on any atom is 0.109 e. The number of ether oxygens (including phenoxy) is 1. The Bertz CT molecular complexity index is 209. The first kappa shape index (κ1) is 10.7. The quantitative estimate of drug-likeness (QED) is 0.636. The average molecular weight is 185 g/mol. The molecule has 0 spiro atoms. The number of nitrogens with one attached hydrogen (secondary N) is 1. The SMILES string of the molecule is COC(C)(C)C(C)(O)C1C=CCN1. The van der Waals surface area contributed by atoms with Crippen molar-refractivity contribution in [1.29, 1.82) is 0 Å². The smallest absolute Gasteiger partial charge is 0.109 e. The molecule has 0 aromatic heterocycles. The Kier molecular flexibility index (Phi) is 2.80. The molecule has 0 amide bonds. The van der Waals surface area contributed by atoms with Gasteiger partial charge >= 0.3 is 0 Å². The van der Waals surface area contributed by atoms with Crippen molar-refractivity contribution >= 4 is 0 Å². The van der Waals surface area contributed by atoms with Gasteiger partial charge in [0.15, 0.2) is 0 Å². The van der Waals surface area contributed by atoms with Gasteiger partial charge in [0.25, 0.3) is 0 Å². The van der Waals surface area contributed by atoms with E-state index in [-0.39, 0.29) is 6.04 Å². The third-order valence-electron chi connectivity index (χ3n) is 3.12. The highest BCUT2D eigenvalue weighted by Crippen LogP contribution is 2.29. The van der Waals surface area contributed by atoms with E-state index in [1.54, 1.807) is 14.0 Å². The van der Waals surface area contributed by atoms with Crippen LogP contribution in [0, 0.1) is 0 Å². The van der Waals surface area contributed by atoms with E-state index in [0.29, 0.717) is 0 Å². The Labute approximate surface area is 79.8 Å². The zero-order valence-electron chi connectivity index (χ0n) is 8.79. The summed E-state index contributed by atoms with van der Waals surface area (Å²) in [5.74, 6) is 0. The third kappa shape index (κ3) is 1.77. The summed E-state index contributed by atoms with van der Waals surface area (Å²) in [7, 11) is 1.62. The van der Waals surface area contributed by atoms with Crippen molar-refractivity contribution in [1.82, 2.24) is 5.32 Å². The molecule has 1 aliphatic heterocycles. The van der Waals surface area contributed by atoms with Crippen LogP contribution in [0.15, 0.2) is 12.2 Å². The lowest BCUT2D eigenvalue weighted by molar-refractivity contribution is -0.148. The maximum atomic E-state index is 10.3. The second-order valence-corrected chi connectivity index (χ2v) is 4.18. The van der Waals surface area contributed by atoms with Gasteiger partial charge in [0.1, 0.15) is 5.60 Å². The third-order valence-corrected chi connectivity index (χ3v) is 3.12. The summed E-state index contributed by atoms with van der Waals surface area (Å²) in [6.45, 7) is 6.39. The van der Waals surface area contributed by atoms with Gasteiger partial charge in [0.2, 0.25) is 0 Å². The molecule has 0 aromatic rings. The van der Waals surface area contributed by atoms with Gasteiger partial charge in [-0.15, -0.1) is 0 Å². The van der Waals surface area contributed by atoms with Crippen molar-refractivity contribution in [2.45, 2.75) is 38.0 Å². The van der Waals surface area contributed by atoms with Gasteiger partial charge in [0, 0.05) is 13.7 Å². The second-order valence-electron chi connectivity index (χ2n) is 4.18. The van der Waals surface area contributed by atoms with E-state index < -0.39 is 11.2 Å². The molecule has 3 nitrogen and oxygen atoms in total. The minimum atomic E-state index is -0.894. The summed E-state index contributed by atoms with van der Waals surface area (Å²) < 4.78 is 5.29. The normalized spacial score (nSPS) is 27.6. The minimum absolute atomic E-state index is 0.0255. The fraction of sp³-hybridized carbons (Fsp3) is 0.800. The molecule has 2 unspecified atom stereocenters. The van der Waals surface area contributed by atoms with Crippen LogP contribution in [0.25, 0.3) is 0 Å². The molecule has 3 heteroatoms. The molecule has 0 saturated carbocycles. The standard InChI is InChI=1S/C10H19NO2/c1-9(2,13-4)10(3,12)8-6-5-7-11-8/h5-6,8,11-12H,7H2,1-4H3. The van der Waals surface area contributed by atoms with E-state index in [2.05, 4.69) is 5.32 Å². The molecule has 0 bridgehead atoms. The van der Waals surface area contributed by atoms with Gasteiger partial charge in [-0.2, -0.15) is 0 Å². The molecule has 2 atom stereocenters. The van der Waals surface area contributed by atoms with Crippen LogP contribution in [0.4, 0.5) is 0 Å². The lowest BCUT2D eigenvalue weighted by atomic mass is 9.81. The Morgan fingerprint density at radius 1 is 1.46 bits per heavy atom. The van der Waals surface area contributed by atoms with Crippen molar-refractivity contribution in [2.24, 2.45) is 0 Å². The molecule has 2 N–H and O–H groups in total. The molecule has 0 aromatic carbocycles. The lowest BCUT2D eigenvalue weighted by Crippen LogP contribution is -2.59. The van der Waals surface area contributed by atoms with Crippen molar-refractivity contribution in [2.75, 3.05) is 13.7 Å². The van der Waals surface area contributed by atoms with Crippen LogP contribution in [-0.4, -0.2) is 36.0 Å². The molecule has 0 saturated heterocycles. The van der Waals surface area contributed by atoms with Gasteiger partial charge in [-0.25, -0.2) is 0 Å². The second kappa shape index (κ2) is 3.40. The fourth-order valence-electron chi connectivity index (χ4n) is 1.43. The van der Waals surface area contributed by atoms with Gasteiger partial charge in [-0.05, 0) is 20.8 Å². The summed E-state index contributed by atoms with van der Waals surface area (Å²) in [6, 6.07) is -0.0255. The first-order chi connectivity index (χ1) is 5.92.